The van der Waals surface area contributed by atoms with E-state index in [-0.39, 0.29) is 0 Å². The maximum atomic E-state index is 12.4. The molecule has 2 saturated carbocycles. The van der Waals surface area contributed by atoms with Gasteiger partial charge < -0.3 is 10.6 Å². The van der Waals surface area contributed by atoms with Crippen LogP contribution in [0, 0.1) is 23.7 Å². The molecule has 2 aliphatic carbocycles. The van der Waals surface area contributed by atoms with Gasteiger partial charge in [-0.05, 0) is 43.6 Å². The van der Waals surface area contributed by atoms with Crippen molar-refractivity contribution in [3.05, 3.63) is 0 Å². The minimum atomic E-state index is 0.375. The predicted molar refractivity (Wildman–Crippen MR) is 69.4 cm³/mol. The normalized spacial score (nSPS) is 30.5. The van der Waals surface area contributed by atoms with Gasteiger partial charge in [-0.3, -0.25) is 4.79 Å². The van der Waals surface area contributed by atoms with Crippen LogP contribution in [0.25, 0.3) is 0 Å². The number of nitrogens with zero attached hydrogens (tertiary/aromatic N) is 1. The topological polar surface area (TPSA) is 46.3 Å². The highest BCUT2D eigenvalue weighted by Gasteiger charge is 2.57. The number of fused-ring (bicyclic) bond motifs is 1. The third-order valence-electron chi connectivity index (χ3n) is 4.22. The Bertz CT molecular complexity index is 267. The third-order valence-corrected chi connectivity index (χ3v) is 4.22. The van der Waals surface area contributed by atoms with E-state index in [9.17, 15) is 4.79 Å². The molecular weight excluding hydrogens is 212 g/mol. The Balaban J connectivity index is 1.88. The zero-order valence-corrected chi connectivity index (χ0v) is 11.2. The van der Waals surface area contributed by atoms with Crippen molar-refractivity contribution in [3.8, 4) is 0 Å². The summed E-state index contributed by atoms with van der Waals surface area (Å²) < 4.78 is 0. The minimum Gasteiger partial charge on any atom is -0.342 e. The van der Waals surface area contributed by atoms with Gasteiger partial charge in [0, 0.05) is 19.0 Å². The molecule has 17 heavy (non-hydrogen) atoms. The summed E-state index contributed by atoms with van der Waals surface area (Å²) in [4.78, 5) is 14.5. The average Bonchev–Trinajstić information content (AvgIpc) is 2.76. The standard InChI is InChI=1S/C14H26N2O/c1-10(2)9-16(8-4-7-15)14(17)13-11-5-3-6-12(11)13/h10-13H,3-9,15H2,1-2H3. The molecule has 98 valence electrons. The maximum absolute atomic E-state index is 12.4. The lowest BCUT2D eigenvalue weighted by Crippen LogP contribution is -2.37. The van der Waals surface area contributed by atoms with Gasteiger partial charge in [-0.25, -0.2) is 0 Å². The van der Waals surface area contributed by atoms with E-state index in [4.69, 9.17) is 5.73 Å². The van der Waals surface area contributed by atoms with Crippen LogP contribution in [0.4, 0.5) is 0 Å². The summed E-state index contributed by atoms with van der Waals surface area (Å²) in [6.07, 6.45) is 4.84. The number of carbonyl (C=O) groups excluding carboxylic acids is 1. The number of hydrogen-bond donors (Lipinski definition) is 1. The highest BCUT2D eigenvalue weighted by molar-refractivity contribution is 5.82. The summed E-state index contributed by atoms with van der Waals surface area (Å²) in [5, 5.41) is 0. The molecule has 0 heterocycles. The zero-order chi connectivity index (χ0) is 12.4. The van der Waals surface area contributed by atoms with E-state index < -0.39 is 0 Å². The summed E-state index contributed by atoms with van der Waals surface area (Å²) in [6, 6.07) is 0. The molecule has 2 atom stereocenters. The Hall–Kier alpha value is -0.570. The van der Waals surface area contributed by atoms with Crippen molar-refractivity contribution < 1.29 is 4.79 Å². The molecular formula is C14H26N2O. The molecule has 0 aliphatic heterocycles. The SMILES string of the molecule is CC(C)CN(CCCN)C(=O)C1C2CCCC21. The van der Waals surface area contributed by atoms with Crippen molar-refractivity contribution in [1.29, 1.82) is 0 Å². The lowest BCUT2D eigenvalue weighted by atomic mass is 10.1. The predicted octanol–water partition coefficient (Wildman–Crippen LogP) is 1.87. The second-order valence-corrected chi connectivity index (χ2v) is 6.10. The van der Waals surface area contributed by atoms with Gasteiger partial charge >= 0.3 is 0 Å². The first-order valence-corrected chi connectivity index (χ1v) is 7.14. The summed E-state index contributed by atoms with van der Waals surface area (Å²) >= 11 is 0. The van der Waals surface area contributed by atoms with Crippen molar-refractivity contribution in [2.45, 2.75) is 39.5 Å². The molecule has 0 bridgehead atoms. The Morgan fingerprint density at radius 1 is 1.35 bits per heavy atom. The van der Waals surface area contributed by atoms with Crippen LogP contribution in [-0.2, 0) is 4.79 Å². The Morgan fingerprint density at radius 3 is 2.53 bits per heavy atom. The first-order valence-electron chi connectivity index (χ1n) is 7.14. The Kier molecular flexibility index (Phi) is 4.08. The number of carbonyl (C=O) groups is 1. The molecule has 2 aliphatic rings. The van der Waals surface area contributed by atoms with Crippen LogP contribution >= 0.6 is 0 Å². The highest BCUT2D eigenvalue weighted by Crippen LogP contribution is 2.58. The first kappa shape index (κ1) is 12.9. The fourth-order valence-electron chi connectivity index (χ4n) is 3.41. The van der Waals surface area contributed by atoms with Gasteiger partial charge in [-0.15, -0.1) is 0 Å². The first-order chi connectivity index (χ1) is 8.15. The van der Waals surface area contributed by atoms with Gasteiger partial charge in [0.2, 0.25) is 5.91 Å². The molecule has 2 fully saturated rings. The molecule has 2 N–H and O–H groups in total. The number of amides is 1. The summed E-state index contributed by atoms with van der Waals surface area (Å²) in [7, 11) is 0. The fourth-order valence-corrected chi connectivity index (χ4v) is 3.41. The second kappa shape index (κ2) is 5.38. The van der Waals surface area contributed by atoms with Crippen LogP contribution in [0.15, 0.2) is 0 Å². The molecule has 0 aromatic carbocycles. The highest BCUT2D eigenvalue weighted by atomic mass is 16.2. The quantitative estimate of drug-likeness (QED) is 0.768. The molecule has 0 aromatic heterocycles. The lowest BCUT2D eigenvalue weighted by molar-refractivity contribution is -0.134. The second-order valence-electron chi connectivity index (χ2n) is 6.10. The van der Waals surface area contributed by atoms with Gasteiger partial charge in [-0.2, -0.15) is 0 Å². The van der Waals surface area contributed by atoms with E-state index >= 15 is 0 Å². The Labute approximate surface area is 105 Å². The van der Waals surface area contributed by atoms with Crippen molar-refractivity contribution >= 4 is 5.91 Å². The molecule has 0 radical (unpaired) electrons. The molecule has 0 saturated heterocycles. The zero-order valence-electron chi connectivity index (χ0n) is 11.2. The van der Waals surface area contributed by atoms with Gasteiger partial charge in [0.1, 0.15) is 0 Å². The molecule has 1 amide bonds. The van der Waals surface area contributed by atoms with Crippen LogP contribution in [-0.4, -0.2) is 30.4 Å². The van der Waals surface area contributed by atoms with Crippen LogP contribution in [0.1, 0.15) is 39.5 Å². The lowest BCUT2D eigenvalue weighted by Gasteiger charge is -2.25. The number of nitrogens with two attached hydrogens (primary N) is 1. The molecule has 0 spiro atoms. The van der Waals surface area contributed by atoms with Crippen LogP contribution < -0.4 is 5.73 Å². The van der Waals surface area contributed by atoms with E-state index in [0.29, 0.717) is 24.3 Å². The van der Waals surface area contributed by atoms with Crippen molar-refractivity contribution in [2.24, 2.45) is 29.4 Å². The van der Waals surface area contributed by atoms with Gasteiger partial charge in [0.05, 0.1) is 0 Å². The third kappa shape index (κ3) is 2.82. The average molecular weight is 238 g/mol. The summed E-state index contributed by atoms with van der Waals surface area (Å²) in [5.41, 5.74) is 5.55. The fraction of sp³-hybridized carbons (Fsp3) is 0.929. The number of rotatable bonds is 6. The van der Waals surface area contributed by atoms with Crippen LogP contribution in [0.3, 0.4) is 0 Å². The van der Waals surface area contributed by atoms with E-state index in [2.05, 4.69) is 18.7 Å². The molecule has 0 aromatic rings. The van der Waals surface area contributed by atoms with Gasteiger partial charge in [0.25, 0.3) is 0 Å². The largest absolute Gasteiger partial charge is 0.342 e. The van der Waals surface area contributed by atoms with E-state index in [1.54, 1.807) is 0 Å². The number of hydrogen-bond acceptors (Lipinski definition) is 2. The smallest absolute Gasteiger partial charge is 0.226 e. The monoisotopic (exact) mass is 238 g/mol. The summed E-state index contributed by atoms with van der Waals surface area (Å²) in [5.74, 6) is 2.81. The van der Waals surface area contributed by atoms with Crippen molar-refractivity contribution in [3.63, 3.8) is 0 Å². The Morgan fingerprint density at radius 2 is 2.00 bits per heavy atom. The molecule has 3 nitrogen and oxygen atoms in total. The van der Waals surface area contributed by atoms with E-state index in [1.165, 1.54) is 19.3 Å². The van der Waals surface area contributed by atoms with E-state index in [1.807, 2.05) is 0 Å². The van der Waals surface area contributed by atoms with Crippen LogP contribution in [0.5, 0.6) is 0 Å². The molecule has 2 rings (SSSR count). The minimum absolute atomic E-state index is 0.375. The van der Waals surface area contributed by atoms with Crippen molar-refractivity contribution in [2.75, 3.05) is 19.6 Å². The van der Waals surface area contributed by atoms with Gasteiger partial charge in [0.15, 0.2) is 0 Å². The molecule has 3 heteroatoms. The maximum Gasteiger partial charge on any atom is 0.226 e. The van der Waals surface area contributed by atoms with Gasteiger partial charge in [-0.1, -0.05) is 20.3 Å². The molecule has 2 unspecified atom stereocenters. The van der Waals surface area contributed by atoms with E-state index in [0.717, 1.165) is 31.3 Å². The summed E-state index contributed by atoms with van der Waals surface area (Å²) in [6.45, 7) is 6.78. The van der Waals surface area contributed by atoms with Crippen LogP contribution in [0.2, 0.25) is 0 Å². The van der Waals surface area contributed by atoms with Crippen molar-refractivity contribution in [1.82, 2.24) is 4.90 Å².